The molecule has 0 aliphatic carbocycles. The van der Waals surface area contributed by atoms with Crippen LogP contribution >= 0.6 is 0 Å². The number of carbonyl (C=O) groups is 2. The predicted molar refractivity (Wildman–Crippen MR) is 109 cm³/mol. The Labute approximate surface area is 166 Å². The zero-order valence-corrected chi connectivity index (χ0v) is 15.6. The molecule has 1 fully saturated rings. The molecule has 6 heteroatoms. The van der Waals surface area contributed by atoms with Gasteiger partial charge < -0.3 is 14.7 Å². The van der Waals surface area contributed by atoms with Crippen molar-refractivity contribution in [2.75, 3.05) is 0 Å². The second-order valence-electron chi connectivity index (χ2n) is 7.98. The molecule has 3 N–H and O–H groups in total. The highest BCUT2D eigenvalue weighted by molar-refractivity contribution is 6.13. The summed E-state index contributed by atoms with van der Waals surface area (Å²) in [7, 11) is 0. The third-order valence-corrected chi connectivity index (χ3v) is 6.37. The van der Waals surface area contributed by atoms with Crippen molar-refractivity contribution in [1.82, 2.24) is 14.9 Å². The molecule has 4 aromatic rings. The van der Waals surface area contributed by atoms with Gasteiger partial charge in [-0.2, -0.15) is 0 Å². The van der Waals surface area contributed by atoms with Crippen LogP contribution in [0.15, 0.2) is 48.8 Å². The van der Waals surface area contributed by atoms with Gasteiger partial charge in [0.05, 0.1) is 17.4 Å². The number of nitrogens with zero attached hydrogens (tertiary/aromatic N) is 1. The van der Waals surface area contributed by atoms with E-state index in [-0.39, 0.29) is 17.6 Å². The molecule has 2 aromatic carbocycles. The molecule has 4 heterocycles. The standard InChI is InChI=1S/C23H19N3O3/c27-13-6-7-14-16(10-24-18(14)9-13)19-20(23(29)25-22(19)28)17-11-26-8-2-4-12-3-1-5-15(17)21(12)26/h1,3,5-7,9-11,19-20,24,27H,2,4,8H2,(H,25,28,29)/t19-,20-/m0/s1. The maximum absolute atomic E-state index is 12.9. The van der Waals surface area contributed by atoms with Gasteiger partial charge in [-0.3, -0.25) is 14.9 Å². The highest BCUT2D eigenvalue weighted by atomic mass is 16.3. The van der Waals surface area contributed by atoms with Crippen molar-refractivity contribution in [3.63, 3.8) is 0 Å². The van der Waals surface area contributed by atoms with Gasteiger partial charge in [-0.05, 0) is 41.7 Å². The Morgan fingerprint density at radius 2 is 1.83 bits per heavy atom. The molecule has 0 unspecified atom stereocenters. The summed E-state index contributed by atoms with van der Waals surface area (Å²) in [5, 5.41) is 14.2. The van der Waals surface area contributed by atoms with E-state index >= 15 is 0 Å². The summed E-state index contributed by atoms with van der Waals surface area (Å²) in [6.45, 7) is 0.923. The largest absolute Gasteiger partial charge is 0.508 e. The van der Waals surface area contributed by atoms with Gasteiger partial charge in [-0.25, -0.2) is 0 Å². The van der Waals surface area contributed by atoms with Crippen molar-refractivity contribution in [3.05, 3.63) is 65.5 Å². The third-order valence-electron chi connectivity index (χ3n) is 6.37. The van der Waals surface area contributed by atoms with Crippen molar-refractivity contribution in [3.8, 4) is 5.75 Å². The van der Waals surface area contributed by atoms with Gasteiger partial charge in [0.1, 0.15) is 5.75 Å². The lowest BCUT2D eigenvalue weighted by molar-refractivity contribution is -0.125. The van der Waals surface area contributed by atoms with Gasteiger partial charge >= 0.3 is 0 Å². The summed E-state index contributed by atoms with van der Waals surface area (Å²) in [4.78, 5) is 28.9. The molecule has 0 saturated carbocycles. The third kappa shape index (κ3) is 2.23. The number of aryl methyl sites for hydroxylation is 2. The number of aromatic amines is 1. The molecule has 2 atom stereocenters. The zero-order valence-electron chi connectivity index (χ0n) is 15.6. The van der Waals surface area contributed by atoms with E-state index in [1.807, 2.05) is 6.07 Å². The lowest BCUT2D eigenvalue weighted by atomic mass is 9.83. The number of fused-ring (bicyclic) bond motifs is 1. The molecular weight excluding hydrogens is 366 g/mol. The first-order valence-corrected chi connectivity index (χ1v) is 9.87. The number of imide groups is 1. The van der Waals surface area contributed by atoms with E-state index in [1.54, 1.807) is 24.4 Å². The number of benzene rings is 2. The smallest absolute Gasteiger partial charge is 0.235 e. The van der Waals surface area contributed by atoms with E-state index in [1.165, 1.54) is 11.1 Å². The molecule has 0 bridgehead atoms. The number of rotatable bonds is 2. The number of hydrogen-bond donors (Lipinski definition) is 3. The second-order valence-corrected chi connectivity index (χ2v) is 7.98. The van der Waals surface area contributed by atoms with Gasteiger partial charge in [0.25, 0.3) is 0 Å². The van der Waals surface area contributed by atoms with Crippen LogP contribution in [0.2, 0.25) is 0 Å². The highest BCUT2D eigenvalue weighted by Crippen LogP contribution is 2.44. The Balaban J connectivity index is 1.57. The summed E-state index contributed by atoms with van der Waals surface area (Å²) in [5.41, 5.74) is 4.91. The van der Waals surface area contributed by atoms with Crippen LogP contribution in [0, 0.1) is 0 Å². The number of H-pyrrole nitrogens is 1. The van der Waals surface area contributed by atoms with E-state index in [0.29, 0.717) is 0 Å². The number of carbonyl (C=O) groups excluding carboxylic acids is 2. The quantitative estimate of drug-likeness (QED) is 0.463. The topological polar surface area (TPSA) is 87.1 Å². The first kappa shape index (κ1) is 16.4. The minimum absolute atomic E-state index is 0.156. The van der Waals surface area contributed by atoms with E-state index in [4.69, 9.17) is 0 Å². The lowest BCUT2D eigenvalue weighted by Gasteiger charge is -2.15. The lowest BCUT2D eigenvalue weighted by Crippen LogP contribution is -2.21. The summed E-state index contributed by atoms with van der Waals surface area (Å²) in [5.74, 6) is -1.56. The first-order valence-electron chi connectivity index (χ1n) is 9.87. The number of aromatic hydroxyl groups is 1. The maximum Gasteiger partial charge on any atom is 0.235 e. The molecule has 0 spiro atoms. The van der Waals surface area contributed by atoms with E-state index < -0.39 is 11.8 Å². The summed E-state index contributed by atoms with van der Waals surface area (Å²) >= 11 is 0. The fourth-order valence-corrected chi connectivity index (χ4v) is 5.15. The molecule has 6 nitrogen and oxygen atoms in total. The Hall–Kier alpha value is -3.54. The second kappa shape index (κ2) is 5.73. The van der Waals surface area contributed by atoms with Crippen LogP contribution in [-0.2, 0) is 22.6 Å². The minimum atomic E-state index is -0.607. The van der Waals surface area contributed by atoms with Crippen LogP contribution in [0.1, 0.15) is 34.9 Å². The fraction of sp³-hybridized carbons (Fsp3) is 0.217. The summed E-state index contributed by atoms with van der Waals surface area (Å²) in [6, 6.07) is 11.3. The Morgan fingerprint density at radius 1 is 1.00 bits per heavy atom. The Bertz CT molecular complexity index is 1330. The maximum atomic E-state index is 12.9. The van der Waals surface area contributed by atoms with Crippen LogP contribution in [0.3, 0.4) is 0 Å². The van der Waals surface area contributed by atoms with Crippen molar-refractivity contribution >= 4 is 33.6 Å². The van der Waals surface area contributed by atoms with Crippen LogP contribution < -0.4 is 5.32 Å². The normalized spacial score (nSPS) is 21.2. The summed E-state index contributed by atoms with van der Waals surface area (Å²) < 4.78 is 2.23. The van der Waals surface area contributed by atoms with Crippen LogP contribution in [-0.4, -0.2) is 26.5 Å². The van der Waals surface area contributed by atoms with E-state index in [2.05, 4.69) is 33.2 Å². The number of nitrogens with one attached hydrogen (secondary N) is 2. The van der Waals surface area contributed by atoms with Crippen molar-refractivity contribution < 1.29 is 14.7 Å². The molecule has 2 aliphatic heterocycles. The van der Waals surface area contributed by atoms with Crippen LogP contribution in [0.4, 0.5) is 0 Å². The average Bonchev–Trinajstić information content (AvgIpc) is 3.36. The molecule has 2 aliphatic rings. The van der Waals surface area contributed by atoms with Crippen LogP contribution in [0.25, 0.3) is 21.8 Å². The first-order chi connectivity index (χ1) is 14.1. The highest BCUT2D eigenvalue weighted by Gasteiger charge is 2.45. The Kier molecular flexibility index (Phi) is 3.25. The monoisotopic (exact) mass is 385 g/mol. The van der Waals surface area contributed by atoms with Gasteiger partial charge in [0.15, 0.2) is 0 Å². The number of phenolic OH excluding ortho intramolecular Hbond substituents is 1. The van der Waals surface area contributed by atoms with Gasteiger partial charge in [-0.1, -0.05) is 18.2 Å². The van der Waals surface area contributed by atoms with Crippen LogP contribution in [0.5, 0.6) is 5.75 Å². The van der Waals surface area contributed by atoms with Gasteiger partial charge in [0, 0.05) is 41.3 Å². The average molecular weight is 385 g/mol. The Morgan fingerprint density at radius 3 is 2.69 bits per heavy atom. The number of amides is 2. The minimum Gasteiger partial charge on any atom is -0.508 e. The van der Waals surface area contributed by atoms with E-state index in [0.717, 1.165) is 46.8 Å². The number of hydrogen-bond acceptors (Lipinski definition) is 3. The van der Waals surface area contributed by atoms with Gasteiger partial charge in [-0.15, -0.1) is 0 Å². The number of phenols is 1. The van der Waals surface area contributed by atoms with Crippen molar-refractivity contribution in [2.45, 2.75) is 31.2 Å². The fourth-order valence-electron chi connectivity index (χ4n) is 5.15. The molecule has 29 heavy (non-hydrogen) atoms. The molecule has 0 radical (unpaired) electrons. The molecule has 6 rings (SSSR count). The molecule has 2 amide bonds. The molecule has 1 saturated heterocycles. The van der Waals surface area contributed by atoms with E-state index in [9.17, 15) is 14.7 Å². The van der Waals surface area contributed by atoms with Crippen molar-refractivity contribution in [2.24, 2.45) is 0 Å². The molecular formula is C23H19N3O3. The number of para-hydroxylation sites is 1. The van der Waals surface area contributed by atoms with Gasteiger partial charge in [0.2, 0.25) is 11.8 Å². The number of aromatic nitrogens is 2. The summed E-state index contributed by atoms with van der Waals surface area (Å²) in [6.07, 6.45) is 5.95. The zero-order chi connectivity index (χ0) is 19.7. The van der Waals surface area contributed by atoms with Crippen molar-refractivity contribution in [1.29, 1.82) is 0 Å². The molecule has 144 valence electrons. The predicted octanol–water partition coefficient (Wildman–Crippen LogP) is 3.30. The molecule has 2 aromatic heterocycles. The SMILES string of the molecule is O=C1NC(=O)[C@@H](c2cn3c4c(cccc24)CCC3)[C@@H]1c1c[nH]c2cc(O)ccc12.